The van der Waals surface area contributed by atoms with E-state index in [1.165, 1.54) is 17.2 Å². The fraction of sp³-hybridized carbons (Fsp3) is 0.370. The number of rotatable bonds is 5. The smallest absolute Gasteiger partial charge is 0.333 e. The summed E-state index contributed by atoms with van der Waals surface area (Å²) in [4.78, 5) is 34.7. The maximum Gasteiger partial charge on any atom is 0.333 e. The van der Waals surface area contributed by atoms with E-state index in [0.29, 0.717) is 18.5 Å². The van der Waals surface area contributed by atoms with Crippen LogP contribution in [-0.2, 0) is 35.7 Å². The number of aryl methyl sites for hydroxylation is 2. The van der Waals surface area contributed by atoms with E-state index in [2.05, 4.69) is 26.1 Å². The number of amides is 3. The van der Waals surface area contributed by atoms with E-state index < -0.39 is 16.1 Å². The Labute approximate surface area is 215 Å². The van der Waals surface area contributed by atoms with Gasteiger partial charge in [-0.25, -0.2) is 22.9 Å². The second-order valence-electron chi connectivity index (χ2n) is 10.0. The molecule has 6 rings (SSSR count). The number of likely N-dealkylation sites (tertiary alicyclic amines) is 1. The predicted molar refractivity (Wildman–Crippen MR) is 141 cm³/mol. The number of carbonyl (C=O) groups excluding carboxylic acids is 2. The molecular formula is C27H29N5O4S. The zero-order valence-corrected chi connectivity index (χ0v) is 21.2. The predicted octanol–water partition coefficient (Wildman–Crippen LogP) is 3.81. The molecule has 2 heterocycles. The number of aromatic amines is 1. The molecule has 0 radical (unpaired) electrons. The quantitative estimate of drug-likeness (QED) is 0.473. The van der Waals surface area contributed by atoms with Crippen LogP contribution in [0.2, 0.25) is 0 Å². The average Bonchev–Trinajstić information content (AvgIpc) is 3.67. The van der Waals surface area contributed by atoms with E-state index in [1.54, 1.807) is 29.4 Å². The fourth-order valence-electron chi connectivity index (χ4n) is 5.94. The summed E-state index contributed by atoms with van der Waals surface area (Å²) in [5, 5.41) is 3.85. The van der Waals surface area contributed by atoms with Crippen LogP contribution in [0, 0.1) is 0 Å². The monoisotopic (exact) mass is 519 g/mol. The number of fused-ring (bicyclic) bond motifs is 3. The van der Waals surface area contributed by atoms with Crippen molar-refractivity contribution >= 4 is 38.7 Å². The lowest BCUT2D eigenvalue weighted by Crippen LogP contribution is -2.36. The molecule has 0 bridgehead atoms. The number of hydrogen-bond donors (Lipinski definition) is 3. The van der Waals surface area contributed by atoms with E-state index in [-0.39, 0.29) is 11.9 Å². The first-order valence-corrected chi connectivity index (χ1v) is 14.4. The Balaban J connectivity index is 1.14. The number of urea groups is 1. The van der Waals surface area contributed by atoms with E-state index in [4.69, 9.17) is 0 Å². The normalized spacial score (nSPS) is 18.9. The number of nitrogens with zero attached hydrogens (tertiary/aromatic N) is 2. The van der Waals surface area contributed by atoms with E-state index in [9.17, 15) is 18.0 Å². The molecule has 3 aliphatic rings. The highest BCUT2D eigenvalue weighted by molar-refractivity contribution is 7.92. The van der Waals surface area contributed by atoms with Crippen LogP contribution in [0.3, 0.4) is 0 Å². The summed E-state index contributed by atoms with van der Waals surface area (Å²) in [6.07, 6.45) is 10.3. The molecule has 2 aromatic carbocycles. The lowest BCUT2D eigenvalue weighted by Gasteiger charge is -2.22. The van der Waals surface area contributed by atoms with Crippen molar-refractivity contribution in [2.45, 2.75) is 57.4 Å². The average molecular weight is 520 g/mol. The number of sulfonamides is 1. The van der Waals surface area contributed by atoms with E-state index in [0.717, 1.165) is 78.2 Å². The fourth-order valence-corrected chi connectivity index (χ4v) is 6.71. The number of aromatic nitrogens is 2. The minimum atomic E-state index is -4.05. The van der Waals surface area contributed by atoms with Crippen molar-refractivity contribution in [3.8, 4) is 0 Å². The molecule has 1 saturated heterocycles. The van der Waals surface area contributed by atoms with Crippen molar-refractivity contribution in [3.63, 3.8) is 0 Å². The molecule has 3 aromatic rings. The lowest BCUT2D eigenvalue weighted by atomic mass is 9.99. The number of H-pyrrole nitrogens is 1. The highest BCUT2D eigenvalue weighted by Crippen LogP contribution is 2.38. The van der Waals surface area contributed by atoms with Crippen LogP contribution in [0.25, 0.3) is 11.0 Å². The standard InChI is InChI=1S/C27H29N5O4S/c33-26(19-9-10-23-24(15-19)29-16-28-23)32-12-3-6-20(32)11-13-37(35,36)31-27(34)30-25-21-7-1-4-17(21)14-18-5-2-8-22(18)25/h9-11,13-16,20H,1-8,12H2,(H,28,29)(H2,30,31,34)/b13-11+. The molecule has 1 aliphatic heterocycles. The molecule has 1 fully saturated rings. The number of anilines is 1. The van der Waals surface area contributed by atoms with Crippen molar-refractivity contribution < 1.29 is 18.0 Å². The van der Waals surface area contributed by atoms with Crippen LogP contribution in [-0.4, -0.2) is 47.8 Å². The molecule has 3 amide bonds. The molecule has 192 valence electrons. The zero-order chi connectivity index (χ0) is 25.6. The molecule has 9 nitrogen and oxygen atoms in total. The van der Waals surface area contributed by atoms with Gasteiger partial charge in [-0.3, -0.25) is 4.79 Å². The van der Waals surface area contributed by atoms with Crippen molar-refractivity contribution in [1.29, 1.82) is 0 Å². The summed E-state index contributed by atoms with van der Waals surface area (Å²) in [5.74, 6) is -0.168. The van der Waals surface area contributed by atoms with Gasteiger partial charge in [0.25, 0.3) is 15.9 Å². The third-order valence-corrected chi connectivity index (χ3v) is 8.64. The molecule has 0 saturated carbocycles. The third-order valence-electron chi connectivity index (χ3n) is 7.65. The molecule has 37 heavy (non-hydrogen) atoms. The second kappa shape index (κ2) is 9.33. The second-order valence-corrected chi connectivity index (χ2v) is 11.6. The first-order valence-electron chi connectivity index (χ1n) is 12.8. The highest BCUT2D eigenvalue weighted by Gasteiger charge is 2.29. The first kappa shape index (κ1) is 23.7. The van der Waals surface area contributed by atoms with E-state index in [1.807, 2.05) is 0 Å². The summed E-state index contributed by atoms with van der Waals surface area (Å²) < 4.78 is 27.6. The van der Waals surface area contributed by atoms with Gasteiger partial charge in [0, 0.05) is 23.2 Å². The van der Waals surface area contributed by atoms with Gasteiger partial charge >= 0.3 is 6.03 Å². The molecular weight excluding hydrogens is 490 g/mol. The SMILES string of the molecule is O=C(Nc1c2c(cc3c1CCC3)CCC2)NS(=O)(=O)/C=C/C1CCCN1C(=O)c1ccc2nc[nH]c2c1. The van der Waals surface area contributed by atoms with Crippen LogP contribution in [0.1, 0.15) is 58.3 Å². The molecule has 10 heteroatoms. The number of imidazole rings is 1. The van der Waals surface area contributed by atoms with Gasteiger partial charge in [0.05, 0.1) is 23.4 Å². The van der Waals surface area contributed by atoms with Gasteiger partial charge in [-0.1, -0.05) is 6.07 Å². The van der Waals surface area contributed by atoms with Crippen molar-refractivity contribution in [1.82, 2.24) is 19.6 Å². The molecule has 1 aromatic heterocycles. The summed E-state index contributed by atoms with van der Waals surface area (Å²) in [5.41, 5.74) is 7.64. The number of nitrogens with one attached hydrogen (secondary N) is 3. The Hall–Kier alpha value is -3.66. The Morgan fingerprint density at radius 2 is 1.78 bits per heavy atom. The molecule has 0 spiro atoms. The molecule has 1 unspecified atom stereocenters. The largest absolute Gasteiger partial charge is 0.345 e. The van der Waals surface area contributed by atoms with Crippen LogP contribution in [0.15, 0.2) is 42.1 Å². The minimum Gasteiger partial charge on any atom is -0.345 e. The van der Waals surface area contributed by atoms with Crippen LogP contribution in [0.4, 0.5) is 10.5 Å². The van der Waals surface area contributed by atoms with Gasteiger partial charge in [0.1, 0.15) is 0 Å². The van der Waals surface area contributed by atoms with Gasteiger partial charge in [0.15, 0.2) is 0 Å². The molecule has 1 atom stereocenters. The maximum absolute atomic E-state index is 13.1. The van der Waals surface area contributed by atoms with Gasteiger partial charge in [-0.05, 0) is 97.9 Å². The number of benzene rings is 2. The number of carbonyl (C=O) groups is 2. The van der Waals surface area contributed by atoms with E-state index >= 15 is 0 Å². The minimum absolute atomic E-state index is 0.168. The highest BCUT2D eigenvalue weighted by atomic mass is 32.2. The third kappa shape index (κ3) is 4.61. The maximum atomic E-state index is 13.1. The lowest BCUT2D eigenvalue weighted by molar-refractivity contribution is 0.0761. The Bertz CT molecular complexity index is 1510. The van der Waals surface area contributed by atoms with Gasteiger partial charge in [-0.2, -0.15) is 0 Å². The molecule has 2 aliphatic carbocycles. The molecule has 3 N–H and O–H groups in total. The zero-order valence-electron chi connectivity index (χ0n) is 20.4. The summed E-state index contributed by atoms with van der Waals surface area (Å²) in [6, 6.07) is 6.39. The summed E-state index contributed by atoms with van der Waals surface area (Å²) in [7, 11) is -4.05. The van der Waals surface area contributed by atoms with Crippen molar-refractivity contribution in [2.24, 2.45) is 0 Å². The van der Waals surface area contributed by atoms with Crippen molar-refractivity contribution in [3.05, 3.63) is 69.9 Å². The van der Waals surface area contributed by atoms with Gasteiger partial charge in [-0.15, -0.1) is 0 Å². The van der Waals surface area contributed by atoms with Gasteiger partial charge < -0.3 is 15.2 Å². The first-order chi connectivity index (χ1) is 17.9. The van der Waals surface area contributed by atoms with Crippen LogP contribution >= 0.6 is 0 Å². The topological polar surface area (TPSA) is 124 Å². The van der Waals surface area contributed by atoms with Crippen LogP contribution in [0.5, 0.6) is 0 Å². The van der Waals surface area contributed by atoms with Gasteiger partial charge in [0.2, 0.25) is 0 Å². The Morgan fingerprint density at radius 3 is 2.54 bits per heavy atom. The Morgan fingerprint density at radius 1 is 1.03 bits per heavy atom. The summed E-state index contributed by atoms with van der Waals surface area (Å²) in [6.45, 7) is 0.535. The Kier molecular flexibility index (Phi) is 5.98. The van der Waals surface area contributed by atoms with Crippen LogP contribution < -0.4 is 10.0 Å². The number of hydrogen-bond acceptors (Lipinski definition) is 5. The summed E-state index contributed by atoms with van der Waals surface area (Å²) >= 11 is 0. The van der Waals surface area contributed by atoms with Crippen molar-refractivity contribution in [2.75, 3.05) is 11.9 Å².